The summed E-state index contributed by atoms with van der Waals surface area (Å²) in [4.78, 5) is 4.29. The average Bonchev–Trinajstić information content (AvgIpc) is 2.90. The number of aromatic nitrogens is 3. The van der Waals surface area contributed by atoms with Crippen LogP contribution in [0, 0.1) is 0 Å². The van der Waals surface area contributed by atoms with Crippen molar-refractivity contribution in [2.24, 2.45) is 0 Å². The summed E-state index contributed by atoms with van der Waals surface area (Å²) in [5, 5.41) is 4.77. The molecule has 0 bridgehead atoms. The fraction of sp³-hybridized carbons (Fsp3) is 0.0667. The van der Waals surface area contributed by atoms with Gasteiger partial charge in [-0.2, -0.15) is 4.98 Å². The van der Waals surface area contributed by atoms with Crippen LogP contribution in [0.1, 0.15) is 0 Å². The highest BCUT2D eigenvalue weighted by atomic mass is 35.5. The van der Waals surface area contributed by atoms with Crippen molar-refractivity contribution in [3.8, 4) is 22.8 Å². The highest BCUT2D eigenvalue weighted by Crippen LogP contribution is 2.22. The second-order valence-corrected chi connectivity index (χ2v) is 4.52. The maximum Gasteiger partial charge on any atom is 0.226 e. The number of para-hydroxylation sites is 1. The van der Waals surface area contributed by atoms with Gasteiger partial charge in [-0.15, -0.1) is 5.10 Å². The van der Waals surface area contributed by atoms with Gasteiger partial charge in [0.25, 0.3) is 0 Å². The highest BCUT2D eigenvalue weighted by Gasteiger charge is 2.11. The van der Waals surface area contributed by atoms with Gasteiger partial charge in [0, 0.05) is 5.56 Å². The molecule has 0 N–H and O–H groups in total. The van der Waals surface area contributed by atoms with E-state index in [1.165, 1.54) is 0 Å². The molecule has 2 aromatic carbocycles. The van der Waals surface area contributed by atoms with E-state index in [-0.39, 0.29) is 0 Å². The number of hydrogen-bond acceptors (Lipinski definition) is 3. The summed E-state index contributed by atoms with van der Waals surface area (Å²) < 4.78 is 6.74. The molecule has 0 saturated heterocycles. The molecule has 0 atom stereocenters. The third kappa shape index (κ3) is 2.38. The summed E-state index contributed by atoms with van der Waals surface area (Å²) in [6.45, 7) is 0. The van der Waals surface area contributed by atoms with Crippen LogP contribution in [-0.2, 0) is 0 Å². The van der Waals surface area contributed by atoms with Gasteiger partial charge < -0.3 is 4.74 Å². The molecule has 1 heterocycles. The summed E-state index contributed by atoms with van der Waals surface area (Å²) in [5.41, 5.74) is 1.77. The lowest BCUT2D eigenvalue weighted by Gasteiger charge is -2.01. The largest absolute Gasteiger partial charge is 0.497 e. The quantitative estimate of drug-likeness (QED) is 0.738. The van der Waals surface area contributed by atoms with E-state index in [4.69, 9.17) is 16.3 Å². The number of hydrogen-bond donors (Lipinski definition) is 0. The third-order valence-electron chi connectivity index (χ3n) is 2.92. The number of rotatable bonds is 3. The van der Waals surface area contributed by atoms with Crippen molar-refractivity contribution >= 4 is 11.6 Å². The summed E-state index contributed by atoms with van der Waals surface area (Å²) in [5.74, 6) is 1.38. The molecule has 3 aromatic rings. The lowest BCUT2D eigenvalue weighted by atomic mass is 10.2. The second-order valence-electron chi connectivity index (χ2n) is 4.18. The van der Waals surface area contributed by atoms with Crippen LogP contribution in [0.15, 0.2) is 54.6 Å². The third-order valence-corrected chi connectivity index (χ3v) is 3.16. The minimum Gasteiger partial charge on any atom is -0.497 e. The summed E-state index contributed by atoms with van der Waals surface area (Å²) in [7, 11) is 1.63. The lowest BCUT2D eigenvalue weighted by molar-refractivity contribution is 0.415. The average molecular weight is 286 g/mol. The fourth-order valence-corrected chi connectivity index (χ4v) is 2.10. The molecule has 5 heteroatoms. The number of halogens is 1. The monoisotopic (exact) mass is 285 g/mol. The molecule has 0 spiro atoms. The van der Waals surface area contributed by atoms with Crippen molar-refractivity contribution in [2.75, 3.05) is 7.11 Å². The van der Waals surface area contributed by atoms with E-state index in [1.54, 1.807) is 11.8 Å². The maximum absolute atomic E-state index is 6.15. The Balaban J connectivity index is 2.00. The van der Waals surface area contributed by atoms with Gasteiger partial charge >= 0.3 is 0 Å². The maximum atomic E-state index is 6.15. The Bertz CT molecular complexity index is 708. The first-order valence-electron chi connectivity index (χ1n) is 6.10. The fourth-order valence-electron chi connectivity index (χ4n) is 1.89. The molecule has 0 unspecified atom stereocenters. The Kier molecular flexibility index (Phi) is 3.39. The number of methoxy groups -OCH3 is 1. The van der Waals surface area contributed by atoms with Gasteiger partial charge in [-0.3, -0.25) is 0 Å². The first kappa shape index (κ1) is 12.7. The van der Waals surface area contributed by atoms with Crippen molar-refractivity contribution < 1.29 is 4.74 Å². The standard InChI is InChI=1S/C15H12ClN3O/c1-20-13-9-7-11(8-10-13)14-17-15(16)19(18-14)12-5-3-2-4-6-12/h2-10H,1H3. The van der Waals surface area contributed by atoms with Gasteiger partial charge in [0.1, 0.15) is 5.75 Å². The Hall–Kier alpha value is -2.33. The van der Waals surface area contributed by atoms with E-state index in [0.29, 0.717) is 11.1 Å². The van der Waals surface area contributed by atoms with Crippen molar-refractivity contribution in [3.63, 3.8) is 0 Å². The molecule has 0 radical (unpaired) electrons. The molecule has 0 amide bonds. The highest BCUT2D eigenvalue weighted by molar-refractivity contribution is 6.28. The summed E-state index contributed by atoms with van der Waals surface area (Å²) >= 11 is 6.15. The van der Waals surface area contributed by atoms with Crippen LogP contribution in [-0.4, -0.2) is 21.9 Å². The molecular weight excluding hydrogens is 274 g/mol. The smallest absolute Gasteiger partial charge is 0.226 e. The van der Waals surface area contributed by atoms with Crippen LogP contribution < -0.4 is 4.74 Å². The predicted octanol–water partition coefficient (Wildman–Crippen LogP) is 3.60. The van der Waals surface area contributed by atoms with Gasteiger partial charge in [-0.1, -0.05) is 18.2 Å². The first-order valence-corrected chi connectivity index (χ1v) is 6.48. The Labute approximate surface area is 121 Å². The summed E-state index contributed by atoms with van der Waals surface area (Å²) in [6, 6.07) is 17.2. The van der Waals surface area contributed by atoms with Crippen molar-refractivity contribution in [1.29, 1.82) is 0 Å². The van der Waals surface area contributed by atoms with Crippen LogP contribution in [0.5, 0.6) is 5.75 Å². The molecular formula is C15H12ClN3O. The zero-order chi connectivity index (χ0) is 13.9. The van der Waals surface area contributed by atoms with Gasteiger partial charge in [-0.25, -0.2) is 4.68 Å². The van der Waals surface area contributed by atoms with Gasteiger partial charge in [0.2, 0.25) is 5.28 Å². The predicted molar refractivity (Wildman–Crippen MR) is 78.4 cm³/mol. The molecule has 100 valence electrons. The van der Waals surface area contributed by atoms with Gasteiger partial charge in [0.15, 0.2) is 5.82 Å². The van der Waals surface area contributed by atoms with Crippen LogP contribution in [0.3, 0.4) is 0 Å². The van der Waals surface area contributed by atoms with E-state index < -0.39 is 0 Å². The van der Waals surface area contributed by atoms with Gasteiger partial charge in [0.05, 0.1) is 12.8 Å². The van der Waals surface area contributed by atoms with Crippen molar-refractivity contribution in [2.45, 2.75) is 0 Å². The van der Waals surface area contributed by atoms with E-state index in [1.807, 2.05) is 54.6 Å². The zero-order valence-electron chi connectivity index (χ0n) is 10.8. The molecule has 3 rings (SSSR count). The van der Waals surface area contributed by atoms with Crippen LogP contribution in [0.4, 0.5) is 0 Å². The van der Waals surface area contributed by atoms with Gasteiger partial charge in [-0.05, 0) is 48.0 Å². The SMILES string of the molecule is COc1ccc(-c2nc(Cl)n(-c3ccccc3)n2)cc1. The lowest BCUT2D eigenvalue weighted by Crippen LogP contribution is -1.96. The minimum atomic E-state index is 0.335. The second kappa shape index (κ2) is 5.35. The number of ether oxygens (including phenoxy) is 1. The summed E-state index contributed by atoms with van der Waals surface area (Å²) in [6.07, 6.45) is 0. The van der Waals surface area contributed by atoms with Crippen LogP contribution >= 0.6 is 11.6 Å². The minimum absolute atomic E-state index is 0.335. The van der Waals surface area contributed by atoms with Crippen LogP contribution in [0.2, 0.25) is 5.28 Å². The molecule has 1 aromatic heterocycles. The van der Waals surface area contributed by atoms with Crippen LogP contribution in [0.25, 0.3) is 17.1 Å². The Morgan fingerprint density at radius 3 is 2.35 bits per heavy atom. The number of benzene rings is 2. The topological polar surface area (TPSA) is 39.9 Å². The normalized spacial score (nSPS) is 10.5. The molecule has 0 aliphatic carbocycles. The molecule has 0 aliphatic heterocycles. The van der Waals surface area contributed by atoms with Crippen molar-refractivity contribution in [1.82, 2.24) is 14.8 Å². The van der Waals surface area contributed by atoms with E-state index >= 15 is 0 Å². The van der Waals surface area contributed by atoms with E-state index in [0.717, 1.165) is 17.0 Å². The first-order chi connectivity index (χ1) is 9.78. The Morgan fingerprint density at radius 2 is 1.70 bits per heavy atom. The molecule has 0 fully saturated rings. The Morgan fingerprint density at radius 1 is 1.00 bits per heavy atom. The van der Waals surface area contributed by atoms with E-state index in [9.17, 15) is 0 Å². The van der Waals surface area contributed by atoms with Crippen molar-refractivity contribution in [3.05, 3.63) is 59.9 Å². The molecule has 20 heavy (non-hydrogen) atoms. The molecule has 0 saturated carbocycles. The zero-order valence-corrected chi connectivity index (χ0v) is 11.6. The van der Waals surface area contributed by atoms with E-state index in [2.05, 4.69) is 10.1 Å². The molecule has 0 aliphatic rings. The molecule has 4 nitrogen and oxygen atoms in total. The number of nitrogens with zero attached hydrogens (tertiary/aromatic N) is 3.